The Balaban J connectivity index is 2.79. The number of benzene rings is 1. The van der Waals surface area contributed by atoms with Gasteiger partial charge in [0.2, 0.25) is 0 Å². The lowest BCUT2D eigenvalue weighted by Gasteiger charge is -2.24. The molecule has 4 nitrogen and oxygen atoms in total. The van der Waals surface area contributed by atoms with Gasteiger partial charge in [0.25, 0.3) is 0 Å². The molecule has 0 N–H and O–H groups in total. The van der Waals surface area contributed by atoms with Crippen LogP contribution in [0.15, 0.2) is 18.2 Å². The lowest BCUT2D eigenvalue weighted by Crippen LogP contribution is -2.30. The van der Waals surface area contributed by atoms with Crippen LogP contribution in [0.4, 0.5) is 0 Å². The van der Waals surface area contributed by atoms with Crippen LogP contribution in [-0.2, 0) is 11.3 Å². The Bertz CT molecular complexity index is 452. The van der Waals surface area contributed by atoms with Crippen molar-refractivity contribution in [2.75, 3.05) is 33.9 Å². The van der Waals surface area contributed by atoms with Crippen molar-refractivity contribution in [3.05, 3.63) is 29.3 Å². The Morgan fingerprint density at radius 2 is 2.05 bits per heavy atom. The van der Waals surface area contributed by atoms with Gasteiger partial charge in [0.15, 0.2) is 0 Å². The van der Waals surface area contributed by atoms with Gasteiger partial charge in [0, 0.05) is 26.7 Å². The molecule has 0 heterocycles. The van der Waals surface area contributed by atoms with Crippen LogP contribution in [0.25, 0.3) is 0 Å². The van der Waals surface area contributed by atoms with E-state index < -0.39 is 0 Å². The van der Waals surface area contributed by atoms with Crippen molar-refractivity contribution in [2.24, 2.45) is 5.92 Å². The Kier molecular flexibility index (Phi) is 7.06. The maximum absolute atomic E-state index is 9.00. The van der Waals surface area contributed by atoms with E-state index in [1.807, 2.05) is 18.2 Å². The maximum Gasteiger partial charge on any atom is 0.136 e. The number of methoxy groups -OCH3 is 2. The van der Waals surface area contributed by atoms with Gasteiger partial charge < -0.3 is 9.47 Å². The molecular weight excluding hydrogens is 252 g/mol. The third-order valence-electron chi connectivity index (χ3n) is 3.03. The molecule has 110 valence electrons. The summed E-state index contributed by atoms with van der Waals surface area (Å²) in [6, 6.07) is 7.88. The second kappa shape index (κ2) is 8.57. The molecule has 0 aliphatic rings. The van der Waals surface area contributed by atoms with Crippen LogP contribution in [0, 0.1) is 17.2 Å². The van der Waals surface area contributed by atoms with Crippen LogP contribution in [-0.4, -0.2) is 38.8 Å². The SMILES string of the molecule is COCCN(Cc1ccc(C#N)c(OC)c1)CC(C)C. The van der Waals surface area contributed by atoms with Crippen molar-refractivity contribution in [1.82, 2.24) is 4.90 Å². The molecule has 0 unspecified atom stereocenters. The fourth-order valence-electron chi connectivity index (χ4n) is 2.16. The molecule has 0 radical (unpaired) electrons. The second-order valence-corrected chi connectivity index (χ2v) is 5.27. The van der Waals surface area contributed by atoms with Crippen molar-refractivity contribution in [3.63, 3.8) is 0 Å². The zero-order valence-electron chi connectivity index (χ0n) is 12.8. The quantitative estimate of drug-likeness (QED) is 0.732. The Labute approximate surface area is 121 Å². The van der Waals surface area contributed by atoms with E-state index in [4.69, 9.17) is 14.7 Å². The molecule has 4 heteroatoms. The lowest BCUT2D eigenvalue weighted by molar-refractivity contribution is 0.136. The first kappa shape index (κ1) is 16.5. The molecule has 0 atom stereocenters. The zero-order valence-corrected chi connectivity index (χ0v) is 12.8. The van der Waals surface area contributed by atoms with E-state index in [2.05, 4.69) is 24.8 Å². The van der Waals surface area contributed by atoms with Gasteiger partial charge in [-0.15, -0.1) is 0 Å². The van der Waals surface area contributed by atoms with Crippen LogP contribution in [0.3, 0.4) is 0 Å². The average molecular weight is 276 g/mol. The molecule has 1 rings (SSSR count). The van der Waals surface area contributed by atoms with E-state index in [-0.39, 0.29) is 0 Å². The molecule has 1 aromatic carbocycles. The summed E-state index contributed by atoms with van der Waals surface area (Å²) < 4.78 is 10.4. The molecule has 20 heavy (non-hydrogen) atoms. The predicted octanol–water partition coefficient (Wildman–Crippen LogP) is 2.67. The number of nitrogens with zero attached hydrogens (tertiary/aromatic N) is 2. The summed E-state index contributed by atoms with van der Waals surface area (Å²) in [4.78, 5) is 2.36. The molecule has 0 saturated heterocycles. The molecule has 0 bridgehead atoms. The summed E-state index contributed by atoms with van der Waals surface area (Å²) in [5.41, 5.74) is 1.72. The fourth-order valence-corrected chi connectivity index (χ4v) is 2.16. The molecule has 0 aliphatic carbocycles. The van der Waals surface area contributed by atoms with Crippen LogP contribution in [0.2, 0.25) is 0 Å². The van der Waals surface area contributed by atoms with Crippen molar-refractivity contribution in [1.29, 1.82) is 5.26 Å². The monoisotopic (exact) mass is 276 g/mol. The van der Waals surface area contributed by atoms with Gasteiger partial charge in [0.1, 0.15) is 11.8 Å². The Morgan fingerprint density at radius 3 is 2.60 bits per heavy atom. The summed E-state index contributed by atoms with van der Waals surface area (Å²) in [5, 5.41) is 9.00. The van der Waals surface area contributed by atoms with Gasteiger partial charge >= 0.3 is 0 Å². The summed E-state index contributed by atoms with van der Waals surface area (Å²) in [7, 11) is 3.31. The Morgan fingerprint density at radius 1 is 1.30 bits per heavy atom. The fraction of sp³-hybridized carbons (Fsp3) is 0.562. The second-order valence-electron chi connectivity index (χ2n) is 5.27. The molecule has 0 amide bonds. The van der Waals surface area contributed by atoms with Crippen LogP contribution in [0.5, 0.6) is 5.75 Å². The van der Waals surface area contributed by atoms with E-state index in [0.717, 1.165) is 31.8 Å². The number of hydrogen-bond acceptors (Lipinski definition) is 4. The van der Waals surface area contributed by atoms with E-state index in [0.29, 0.717) is 17.2 Å². The highest BCUT2D eigenvalue weighted by Gasteiger charge is 2.10. The van der Waals surface area contributed by atoms with Crippen molar-refractivity contribution < 1.29 is 9.47 Å². The van der Waals surface area contributed by atoms with E-state index in [1.54, 1.807) is 14.2 Å². The smallest absolute Gasteiger partial charge is 0.136 e. The highest BCUT2D eigenvalue weighted by atomic mass is 16.5. The molecular formula is C16H24N2O2. The first-order valence-electron chi connectivity index (χ1n) is 6.89. The number of nitriles is 1. The van der Waals surface area contributed by atoms with E-state index >= 15 is 0 Å². The van der Waals surface area contributed by atoms with Gasteiger partial charge in [-0.05, 0) is 23.6 Å². The number of rotatable bonds is 8. The van der Waals surface area contributed by atoms with E-state index in [1.165, 1.54) is 0 Å². The first-order valence-corrected chi connectivity index (χ1v) is 6.89. The largest absolute Gasteiger partial charge is 0.495 e. The number of hydrogen-bond donors (Lipinski definition) is 0. The Hall–Kier alpha value is -1.57. The van der Waals surface area contributed by atoms with Crippen molar-refractivity contribution >= 4 is 0 Å². The minimum absolute atomic E-state index is 0.573. The lowest BCUT2D eigenvalue weighted by atomic mass is 10.1. The molecule has 0 saturated carbocycles. The molecule has 0 spiro atoms. The third kappa shape index (κ3) is 5.20. The average Bonchev–Trinajstić information content (AvgIpc) is 2.44. The zero-order chi connectivity index (χ0) is 15.0. The summed E-state index contributed by atoms with van der Waals surface area (Å²) in [6.45, 7) is 7.89. The van der Waals surface area contributed by atoms with Gasteiger partial charge in [-0.25, -0.2) is 0 Å². The third-order valence-corrected chi connectivity index (χ3v) is 3.03. The minimum Gasteiger partial charge on any atom is -0.495 e. The minimum atomic E-state index is 0.573. The highest BCUT2D eigenvalue weighted by Crippen LogP contribution is 2.20. The number of ether oxygens (including phenoxy) is 2. The first-order chi connectivity index (χ1) is 9.60. The molecule has 0 aliphatic heterocycles. The molecule has 0 aromatic heterocycles. The predicted molar refractivity (Wildman–Crippen MR) is 79.7 cm³/mol. The van der Waals surface area contributed by atoms with Gasteiger partial charge in [0.05, 0.1) is 19.3 Å². The van der Waals surface area contributed by atoms with Gasteiger partial charge in [-0.1, -0.05) is 19.9 Å². The normalized spacial score (nSPS) is 10.8. The summed E-state index contributed by atoms with van der Waals surface area (Å²) >= 11 is 0. The summed E-state index contributed by atoms with van der Waals surface area (Å²) in [6.07, 6.45) is 0. The van der Waals surface area contributed by atoms with Crippen LogP contribution < -0.4 is 4.74 Å². The topological polar surface area (TPSA) is 45.5 Å². The van der Waals surface area contributed by atoms with Crippen LogP contribution >= 0.6 is 0 Å². The molecule has 0 fully saturated rings. The van der Waals surface area contributed by atoms with Gasteiger partial charge in [-0.3, -0.25) is 4.90 Å². The highest BCUT2D eigenvalue weighted by molar-refractivity contribution is 5.45. The molecule has 1 aromatic rings. The van der Waals surface area contributed by atoms with Crippen molar-refractivity contribution in [3.8, 4) is 11.8 Å². The van der Waals surface area contributed by atoms with Crippen molar-refractivity contribution in [2.45, 2.75) is 20.4 Å². The van der Waals surface area contributed by atoms with Gasteiger partial charge in [-0.2, -0.15) is 5.26 Å². The van der Waals surface area contributed by atoms with Crippen LogP contribution in [0.1, 0.15) is 25.0 Å². The standard InChI is InChI=1S/C16H24N2O2/c1-13(2)11-18(7-8-19-3)12-14-5-6-15(10-17)16(9-14)20-4/h5-6,9,13H,7-8,11-12H2,1-4H3. The van der Waals surface area contributed by atoms with E-state index in [9.17, 15) is 0 Å². The maximum atomic E-state index is 9.00. The summed E-state index contributed by atoms with van der Waals surface area (Å²) in [5.74, 6) is 1.24.